The van der Waals surface area contributed by atoms with Crippen LogP contribution in [0.4, 0.5) is 4.39 Å². The molecule has 0 aliphatic carbocycles. The SMILES string of the molecule is CC(=O)c1c(C)[nH]c(C(=O)[C@@H](C)Sc2nnc(CN3CCCCC3)n2-c2ccc(F)cc2)c1C. The lowest BCUT2D eigenvalue weighted by atomic mass is 10.0. The summed E-state index contributed by atoms with van der Waals surface area (Å²) in [5.41, 5.74) is 3.14. The van der Waals surface area contributed by atoms with Crippen LogP contribution in [0.5, 0.6) is 0 Å². The topological polar surface area (TPSA) is 83.9 Å². The van der Waals surface area contributed by atoms with Crippen molar-refractivity contribution >= 4 is 23.3 Å². The summed E-state index contributed by atoms with van der Waals surface area (Å²) in [7, 11) is 0. The van der Waals surface area contributed by atoms with Crippen molar-refractivity contribution in [2.24, 2.45) is 0 Å². The number of aryl methyl sites for hydroxylation is 1. The molecule has 1 saturated heterocycles. The quantitative estimate of drug-likeness (QED) is 0.362. The number of carbonyl (C=O) groups excluding carboxylic acids is 2. The van der Waals surface area contributed by atoms with Crippen molar-refractivity contribution in [3.63, 3.8) is 0 Å². The van der Waals surface area contributed by atoms with Crippen molar-refractivity contribution in [3.05, 3.63) is 58.4 Å². The molecule has 0 radical (unpaired) electrons. The first kappa shape index (κ1) is 24.3. The molecule has 7 nitrogen and oxygen atoms in total. The van der Waals surface area contributed by atoms with Crippen LogP contribution in [0.15, 0.2) is 29.4 Å². The van der Waals surface area contributed by atoms with Gasteiger partial charge in [0.05, 0.1) is 17.5 Å². The second kappa shape index (κ2) is 10.2. The first-order valence-corrected chi connectivity index (χ1v) is 12.5. The van der Waals surface area contributed by atoms with Gasteiger partial charge >= 0.3 is 0 Å². The number of Topliss-reactive ketones (excluding diaryl/α,β-unsaturated/α-hetero) is 2. The number of rotatable bonds is 8. The van der Waals surface area contributed by atoms with Crippen molar-refractivity contribution in [1.29, 1.82) is 0 Å². The van der Waals surface area contributed by atoms with Gasteiger partial charge in [-0.25, -0.2) is 4.39 Å². The minimum Gasteiger partial charge on any atom is -0.355 e. The van der Waals surface area contributed by atoms with E-state index in [1.807, 2.05) is 11.5 Å². The van der Waals surface area contributed by atoms with Crippen molar-refractivity contribution in [2.45, 2.75) is 63.9 Å². The molecule has 1 atom stereocenters. The zero-order chi connectivity index (χ0) is 24.4. The number of nitrogens with one attached hydrogen (secondary N) is 1. The van der Waals surface area contributed by atoms with E-state index in [0.717, 1.165) is 37.4 Å². The highest BCUT2D eigenvalue weighted by Crippen LogP contribution is 2.30. The Balaban J connectivity index is 1.63. The van der Waals surface area contributed by atoms with Crippen LogP contribution in [0.3, 0.4) is 0 Å². The van der Waals surface area contributed by atoms with Gasteiger partial charge in [0.2, 0.25) is 0 Å². The normalized spacial score (nSPS) is 15.4. The molecule has 1 aliphatic heterocycles. The van der Waals surface area contributed by atoms with Gasteiger partial charge in [-0.1, -0.05) is 18.2 Å². The minimum atomic E-state index is -0.470. The van der Waals surface area contributed by atoms with Crippen molar-refractivity contribution in [1.82, 2.24) is 24.6 Å². The van der Waals surface area contributed by atoms with Gasteiger partial charge in [-0.2, -0.15) is 0 Å². The minimum absolute atomic E-state index is 0.0657. The van der Waals surface area contributed by atoms with E-state index < -0.39 is 5.25 Å². The smallest absolute Gasteiger partial charge is 0.196 e. The summed E-state index contributed by atoms with van der Waals surface area (Å²) < 4.78 is 15.5. The number of aromatic nitrogens is 4. The van der Waals surface area contributed by atoms with Gasteiger partial charge in [0.1, 0.15) is 5.82 Å². The molecule has 34 heavy (non-hydrogen) atoms. The molecule has 180 valence electrons. The van der Waals surface area contributed by atoms with E-state index in [4.69, 9.17) is 0 Å². The molecule has 1 fully saturated rings. The lowest BCUT2D eigenvalue weighted by Crippen LogP contribution is -2.30. The molecule has 3 aromatic rings. The molecule has 0 spiro atoms. The van der Waals surface area contributed by atoms with Crippen molar-refractivity contribution < 1.29 is 14.0 Å². The van der Waals surface area contributed by atoms with Crippen LogP contribution in [-0.4, -0.2) is 54.6 Å². The number of nitrogens with zero attached hydrogens (tertiary/aromatic N) is 4. The van der Waals surface area contributed by atoms with Crippen LogP contribution in [0, 0.1) is 19.7 Å². The Hall–Kier alpha value is -2.78. The lowest BCUT2D eigenvalue weighted by molar-refractivity contribution is 0.0988. The Labute approximate surface area is 203 Å². The first-order chi connectivity index (χ1) is 16.3. The van der Waals surface area contributed by atoms with Crippen LogP contribution < -0.4 is 0 Å². The van der Waals surface area contributed by atoms with Crippen LogP contribution in [0.25, 0.3) is 5.69 Å². The van der Waals surface area contributed by atoms with Crippen molar-refractivity contribution in [2.75, 3.05) is 13.1 Å². The molecular weight excluding hydrogens is 453 g/mol. The largest absolute Gasteiger partial charge is 0.355 e. The van der Waals surface area contributed by atoms with Crippen LogP contribution in [0.1, 0.15) is 71.0 Å². The van der Waals surface area contributed by atoms with Crippen molar-refractivity contribution in [3.8, 4) is 5.69 Å². The van der Waals surface area contributed by atoms with E-state index in [9.17, 15) is 14.0 Å². The zero-order valence-corrected chi connectivity index (χ0v) is 20.8. The summed E-state index contributed by atoms with van der Waals surface area (Å²) >= 11 is 1.31. The maximum absolute atomic E-state index is 13.6. The van der Waals surface area contributed by atoms with E-state index >= 15 is 0 Å². The number of H-pyrrole nitrogens is 1. The Morgan fingerprint density at radius 2 is 1.79 bits per heavy atom. The summed E-state index contributed by atoms with van der Waals surface area (Å²) in [4.78, 5) is 30.7. The van der Waals surface area contributed by atoms with E-state index in [2.05, 4.69) is 20.1 Å². The molecule has 1 aromatic carbocycles. The highest BCUT2D eigenvalue weighted by atomic mass is 32.2. The standard InChI is InChI=1S/C25H30FN5O2S/c1-15-22(17(3)32)16(2)27-23(15)24(33)18(4)34-25-29-28-21(14-30-12-6-5-7-13-30)31(25)20-10-8-19(26)9-11-20/h8-11,18,27H,5-7,12-14H2,1-4H3/t18-/m1/s1. The van der Waals surface area contributed by atoms with E-state index in [1.165, 1.54) is 37.2 Å². The first-order valence-electron chi connectivity index (χ1n) is 11.6. The average molecular weight is 484 g/mol. The highest BCUT2D eigenvalue weighted by Gasteiger charge is 2.27. The van der Waals surface area contributed by atoms with Gasteiger partial charge in [0.15, 0.2) is 22.5 Å². The van der Waals surface area contributed by atoms with Crippen LogP contribution >= 0.6 is 11.8 Å². The molecule has 4 rings (SSSR count). The lowest BCUT2D eigenvalue weighted by Gasteiger charge is -2.26. The van der Waals surface area contributed by atoms with Crippen LogP contribution in [0.2, 0.25) is 0 Å². The van der Waals surface area contributed by atoms with Crippen LogP contribution in [-0.2, 0) is 6.54 Å². The molecule has 9 heteroatoms. The summed E-state index contributed by atoms with van der Waals surface area (Å²) in [6.45, 7) is 9.59. The summed E-state index contributed by atoms with van der Waals surface area (Å²) in [6, 6.07) is 6.23. The number of thioether (sulfide) groups is 1. The second-order valence-corrected chi connectivity index (χ2v) is 10.2. The highest BCUT2D eigenvalue weighted by molar-refractivity contribution is 8.00. The molecule has 1 N–H and O–H groups in total. The number of ketones is 2. The number of carbonyl (C=O) groups is 2. The number of benzene rings is 1. The summed E-state index contributed by atoms with van der Waals surface area (Å²) in [6.07, 6.45) is 3.56. The molecule has 1 aliphatic rings. The number of piperidine rings is 1. The molecule has 2 aromatic heterocycles. The molecule has 0 amide bonds. The van der Waals surface area contributed by atoms with E-state index in [1.54, 1.807) is 26.0 Å². The summed E-state index contributed by atoms with van der Waals surface area (Å²) in [5, 5.41) is 8.96. The van der Waals surface area contributed by atoms with Gasteiger partial charge in [-0.15, -0.1) is 10.2 Å². The van der Waals surface area contributed by atoms with Gasteiger partial charge in [0.25, 0.3) is 0 Å². The Kier molecular flexibility index (Phi) is 7.33. The fraction of sp³-hybridized carbons (Fsp3) is 0.440. The number of aromatic amines is 1. The number of hydrogen-bond acceptors (Lipinski definition) is 6. The predicted octanol–water partition coefficient (Wildman–Crippen LogP) is 4.90. The Morgan fingerprint density at radius 1 is 1.12 bits per heavy atom. The van der Waals surface area contributed by atoms with E-state index in [0.29, 0.717) is 34.2 Å². The summed E-state index contributed by atoms with van der Waals surface area (Å²) in [5.74, 6) is 0.279. The predicted molar refractivity (Wildman–Crippen MR) is 130 cm³/mol. The molecule has 0 unspecified atom stereocenters. The van der Waals surface area contributed by atoms with Gasteiger partial charge in [-0.05, 0) is 83.5 Å². The third-order valence-corrected chi connectivity index (χ3v) is 7.33. The second-order valence-electron chi connectivity index (χ2n) is 8.85. The fourth-order valence-electron chi connectivity index (χ4n) is 4.59. The number of halogens is 1. The Morgan fingerprint density at radius 3 is 2.41 bits per heavy atom. The average Bonchev–Trinajstić information content (AvgIpc) is 3.33. The third-order valence-electron chi connectivity index (χ3n) is 6.29. The number of likely N-dealkylation sites (tertiary alicyclic amines) is 1. The molecular formula is C25H30FN5O2S. The molecule has 0 bridgehead atoms. The molecule has 3 heterocycles. The van der Waals surface area contributed by atoms with Gasteiger partial charge < -0.3 is 4.98 Å². The zero-order valence-electron chi connectivity index (χ0n) is 20.0. The van der Waals surface area contributed by atoms with Gasteiger partial charge in [-0.3, -0.25) is 19.1 Å². The maximum atomic E-state index is 13.6. The van der Waals surface area contributed by atoms with E-state index in [-0.39, 0.29) is 17.4 Å². The monoisotopic (exact) mass is 483 g/mol. The number of hydrogen-bond donors (Lipinski definition) is 1. The maximum Gasteiger partial charge on any atom is 0.196 e. The fourth-order valence-corrected chi connectivity index (χ4v) is 5.53. The Bertz CT molecular complexity index is 1190. The third kappa shape index (κ3) is 5.00. The molecule has 0 saturated carbocycles. The van der Waals surface area contributed by atoms with Gasteiger partial charge in [0, 0.05) is 16.9 Å².